The highest BCUT2D eigenvalue weighted by atomic mass is 32.2. The van der Waals surface area contributed by atoms with E-state index in [4.69, 9.17) is 5.11 Å². The summed E-state index contributed by atoms with van der Waals surface area (Å²) in [4.78, 5) is 24.3. The predicted molar refractivity (Wildman–Crippen MR) is 86.5 cm³/mol. The van der Waals surface area contributed by atoms with E-state index >= 15 is 0 Å². The van der Waals surface area contributed by atoms with Crippen LogP contribution in [0.5, 0.6) is 0 Å². The first kappa shape index (κ1) is 18.4. The largest absolute Gasteiger partial charge is 0.481 e. The summed E-state index contributed by atoms with van der Waals surface area (Å²) in [6, 6.07) is 3.30. The quantitative estimate of drug-likeness (QED) is 0.814. The molecule has 0 atom stereocenters. The van der Waals surface area contributed by atoms with Gasteiger partial charge in [0, 0.05) is 13.1 Å². The zero-order valence-electron chi connectivity index (χ0n) is 12.7. The van der Waals surface area contributed by atoms with Gasteiger partial charge < -0.3 is 15.3 Å². The number of carbonyl (C=O) groups is 2. The van der Waals surface area contributed by atoms with Crippen molar-refractivity contribution >= 4 is 35.0 Å². The number of thioether (sulfide) groups is 1. The number of carbonyl (C=O) groups excluding carboxylic acids is 1. The Hall–Kier alpha value is -1.90. The number of aliphatic carboxylic acids is 1. The fourth-order valence-electron chi connectivity index (χ4n) is 2.46. The predicted octanol–water partition coefficient (Wildman–Crippen LogP) is 3.06. The monoisotopic (exact) mass is 362 g/mol. The molecule has 0 aromatic heterocycles. The van der Waals surface area contributed by atoms with Crippen LogP contribution in [0.3, 0.4) is 0 Å². The van der Waals surface area contributed by atoms with E-state index in [1.54, 1.807) is 0 Å². The van der Waals surface area contributed by atoms with E-state index in [2.05, 4.69) is 5.32 Å². The first-order valence-electron chi connectivity index (χ1n) is 7.33. The third kappa shape index (κ3) is 5.05. The lowest BCUT2D eigenvalue weighted by atomic mass is 10.1. The second-order valence-electron chi connectivity index (χ2n) is 5.36. The van der Waals surface area contributed by atoms with Gasteiger partial charge in [0.2, 0.25) is 5.91 Å². The van der Waals surface area contributed by atoms with Crippen LogP contribution >= 0.6 is 11.8 Å². The first-order valence-corrected chi connectivity index (χ1v) is 8.48. The highest BCUT2D eigenvalue weighted by Gasteiger charge is 2.32. The second-order valence-corrected chi connectivity index (χ2v) is 6.34. The van der Waals surface area contributed by atoms with Crippen molar-refractivity contribution in [2.75, 3.05) is 34.8 Å². The van der Waals surface area contributed by atoms with Crippen LogP contribution in [0.25, 0.3) is 0 Å². The summed E-state index contributed by atoms with van der Waals surface area (Å²) >= 11 is 0.889. The minimum atomic E-state index is -4.50. The van der Waals surface area contributed by atoms with Crippen LogP contribution in [0.4, 0.5) is 24.5 Å². The Bertz CT molecular complexity index is 616. The summed E-state index contributed by atoms with van der Waals surface area (Å²) in [5.41, 5.74) is -0.177. The van der Waals surface area contributed by atoms with Gasteiger partial charge in [-0.2, -0.15) is 13.2 Å². The highest BCUT2D eigenvalue weighted by Crippen LogP contribution is 2.36. The summed E-state index contributed by atoms with van der Waals surface area (Å²) < 4.78 is 38.7. The molecule has 0 aliphatic carbocycles. The molecule has 0 bridgehead atoms. The van der Waals surface area contributed by atoms with Crippen molar-refractivity contribution in [2.24, 2.45) is 0 Å². The van der Waals surface area contributed by atoms with E-state index in [1.807, 2.05) is 4.90 Å². The van der Waals surface area contributed by atoms with Gasteiger partial charge in [0.1, 0.15) is 0 Å². The SMILES string of the molecule is O=C(O)CSCC(=O)Nc1cc(C(F)(F)F)ccc1N1CCCC1. The normalized spacial score (nSPS) is 14.7. The van der Waals surface area contributed by atoms with Gasteiger partial charge in [0.25, 0.3) is 0 Å². The molecule has 0 spiro atoms. The van der Waals surface area contributed by atoms with Gasteiger partial charge >= 0.3 is 12.1 Å². The lowest BCUT2D eigenvalue weighted by Gasteiger charge is -2.23. The lowest BCUT2D eigenvalue weighted by molar-refractivity contribution is -0.137. The van der Waals surface area contributed by atoms with Crippen molar-refractivity contribution in [3.05, 3.63) is 23.8 Å². The van der Waals surface area contributed by atoms with Gasteiger partial charge in [0.05, 0.1) is 28.4 Å². The maximum Gasteiger partial charge on any atom is 0.416 e. The molecule has 0 unspecified atom stereocenters. The van der Waals surface area contributed by atoms with Crippen molar-refractivity contribution in [2.45, 2.75) is 19.0 Å². The van der Waals surface area contributed by atoms with E-state index in [1.165, 1.54) is 6.07 Å². The fraction of sp³-hybridized carbons (Fsp3) is 0.467. The molecule has 1 aromatic rings. The molecule has 1 aliphatic heterocycles. The van der Waals surface area contributed by atoms with Crippen LogP contribution in [0.1, 0.15) is 18.4 Å². The third-order valence-corrected chi connectivity index (χ3v) is 4.42. The molecule has 2 N–H and O–H groups in total. The van der Waals surface area contributed by atoms with Gasteiger partial charge in [0.15, 0.2) is 0 Å². The summed E-state index contributed by atoms with van der Waals surface area (Å²) in [7, 11) is 0. The first-order chi connectivity index (χ1) is 11.3. The number of carboxylic acids is 1. The number of alkyl halides is 3. The number of benzene rings is 1. The minimum absolute atomic E-state index is 0.104. The van der Waals surface area contributed by atoms with Crippen LogP contribution in [0.2, 0.25) is 0 Å². The summed E-state index contributed by atoms with van der Waals surface area (Å²) in [6.45, 7) is 1.45. The zero-order chi connectivity index (χ0) is 17.7. The van der Waals surface area contributed by atoms with Gasteiger partial charge in [-0.05, 0) is 31.0 Å². The van der Waals surface area contributed by atoms with Crippen molar-refractivity contribution in [3.8, 4) is 0 Å². The Morgan fingerprint density at radius 2 is 1.88 bits per heavy atom. The van der Waals surface area contributed by atoms with Crippen LogP contribution in [0.15, 0.2) is 18.2 Å². The topological polar surface area (TPSA) is 69.6 Å². The molecule has 1 amide bonds. The molecule has 1 heterocycles. The summed E-state index contributed by atoms with van der Waals surface area (Å²) in [6.07, 6.45) is -2.60. The number of carboxylic acid groups (broad SMARTS) is 1. The number of nitrogens with zero attached hydrogens (tertiary/aromatic N) is 1. The van der Waals surface area contributed by atoms with E-state index in [9.17, 15) is 22.8 Å². The van der Waals surface area contributed by atoms with E-state index in [-0.39, 0.29) is 17.2 Å². The molecule has 24 heavy (non-hydrogen) atoms. The van der Waals surface area contributed by atoms with Gasteiger partial charge in [-0.25, -0.2) is 0 Å². The molecule has 132 valence electrons. The van der Waals surface area contributed by atoms with Crippen LogP contribution in [0, 0.1) is 0 Å². The number of hydrogen-bond donors (Lipinski definition) is 2. The molecule has 5 nitrogen and oxygen atoms in total. The average molecular weight is 362 g/mol. The maximum atomic E-state index is 12.9. The maximum absolute atomic E-state index is 12.9. The average Bonchev–Trinajstić information content (AvgIpc) is 2.99. The molecule has 1 aromatic carbocycles. The van der Waals surface area contributed by atoms with Gasteiger partial charge in [-0.1, -0.05) is 0 Å². The highest BCUT2D eigenvalue weighted by molar-refractivity contribution is 8.00. The van der Waals surface area contributed by atoms with Crippen LogP contribution in [-0.2, 0) is 15.8 Å². The summed E-state index contributed by atoms with van der Waals surface area (Å²) in [5, 5.41) is 11.0. The molecule has 1 saturated heterocycles. The van der Waals surface area contributed by atoms with Crippen molar-refractivity contribution in [1.82, 2.24) is 0 Å². The van der Waals surface area contributed by atoms with Crippen molar-refractivity contribution < 1.29 is 27.9 Å². The van der Waals surface area contributed by atoms with Crippen molar-refractivity contribution in [1.29, 1.82) is 0 Å². The number of rotatable bonds is 6. The number of amides is 1. The number of hydrogen-bond acceptors (Lipinski definition) is 4. The third-order valence-electron chi connectivity index (χ3n) is 3.50. The minimum Gasteiger partial charge on any atom is -0.481 e. The molecule has 0 saturated carbocycles. The molecule has 1 aliphatic rings. The fourth-order valence-corrected chi connectivity index (χ4v) is 3.00. The molecule has 2 rings (SSSR count). The Kier molecular flexibility index (Phi) is 5.98. The van der Waals surface area contributed by atoms with E-state index < -0.39 is 23.6 Å². The molecule has 9 heteroatoms. The number of halogens is 3. The smallest absolute Gasteiger partial charge is 0.416 e. The van der Waals surface area contributed by atoms with Crippen molar-refractivity contribution in [3.63, 3.8) is 0 Å². The molecular weight excluding hydrogens is 345 g/mol. The number of nitrogens with one attached hydrogen (secondary N) is 1. The summed E-state index contributed by atoms with van der Waals surface area (Å²) in [5.74, 6) is -1.96. The molecule has 0 radical (unpaired) electrons. The standard InChI is InChI=1S/C15H17F3N2O3S/c16-15(17,18)10-3-4-12(20-5-1-2-6-20)11(7-10)19-13(21)8-24-9-14(22)23/h3-4,7H,1-2,5-6,8-9H2,(H,19,21)(H,22,23). The van der Waals surface area contributed by atoms with Gasteiger partial charge in [-0.3, -0.25) is 9.59 Å². The van der Waals surface area contributed by atoms with E-state index in [0.29, 0.717) is 5.69 Å². The number of anilines is 2. The second kappa shape index (κ2) is 7.78. The van der Waals surface area contributed by atoms with Crippen LogP contribution < -0.4 is 10.2 Å². The Balaban J connectivity index is 2.17. The molecule has 1 fully saturated rings. The van der Waals surface area contributed by atoms with Crippen LogP contribution in [-0.4, -0.2) is 41.6 Å². The Morgan fingerprint density at radius 3 is 2.46 bits per heavy atom. The zero-order valence-corrected chi connectivity index (χ0v) is 13.5. The molecular formula is C15H17F3N2O3S. The Labute approximate surface area is 141 Å². The lowest BCUT2D eigenvalue weighted by Crippen LogP contribution is -2.22. The van der Waals surface area contributed by atoms with Gasteiger partial charge in [-0.15, -0.1) is 11.8 Å². The van der Waals surface area contributed by atoms with E-state index in [0.717, 1.165) is 49.8 Å². The Morgan fingerprint density at radius 1 is 1.21 bits per heavy atom.